The summed E-state index contributed by atoms with van der Waals surface area (Å²) in [6.07, 6.45) is 2.25. The van der Waals surface area contributed by atoms with Crippen LogP contribution in [0.25, 0.3) is 0 Å². The Kier molecular flexibility index (Phi) is 7.37. The molecule has 25 heavy (non-hydrogen) atoms. The van der Waals surface area contributed by atoms with Crippen molar-refractivity contribution < 1.29 is 17.9 Å². The van der Waals surface area contributed by atoms with Gasteiger partial charge in [0, 0.05) is 36.7 Å². The average Bonchev–Trinajstić information content (AvgIpc) is 3.07. The smallest absolute Gasteiger partial charge is 0.246 e. The van der Waals surface area contributed by atoms with Gasteiger partial charge in [-0.15, -0.1) is 12.4 Å². The molecule has 0 aliphatic carbocycles. The topological polar surface area (TPSA) is 81.9 Å². The summed E-state index contributed by atoms with van der Waals surface area (Å²) in [6.45, 7) is 2.67. The maximum absolute atomic E-state index is 13.0. The van der Waals surface area contributed by atoms with Crippen molar-refractivity contribution >= 4 is 34.0 Å². The molecule has 2 heterocycles. The summed E-state index contributed by atoms with van der Waals surface area (Å²) in [5.41, 5.74) is 5.87. The van der Waals surface area contributed by atoms with Crippen LogP contribution in [-0.2, 0) is 14.8 Å². The first-order chi connectivity index (χ1) is 11.5. The van der Waals surface area contributed by atoms with Crippen LogP contribution in [0.15, 0.2) is 23.1 Å². The number of piperidine rings is 1. The molecule has 0 spiro atoms. The number of hydrogen-bond acceptors (Lipinski definition) is 5. The number of hydrogen-bond donors (Lipinski definition) is 1. The van der Waals surface area contributed by atoms with Gasteiger partial charge < -0.3 is 15.2 Å². The van der Waals surface area contributed by atoms with Crippen molar-refractivity contribution in [3.8, 4) is 5.75 Å². The molecule has 1 atom stereocenters. The van der Waals surface area contributed by atoms with E-state index in [1.54, 1.807) is 12.1 Å². The van der Waals surface area contributed by atoms with E-state index in [1.165, 1.54) is 10.4 Å². The fraction of sp³-hybridized carbons (Fsp3) is 0.625. The van der Waals surface area contributed by atoms with E-state index in [0.717, 1.165) is 13.0 Å². The number of nitrogens with two attached hydrogens (primary N) is 1. The molecule has 2 aliphatic heterocycles. The van der Waals surface area contributed by atoms with Crippen molar-refractivity contribution in [1.29, 1.82) is 0 Å². The summed E-state index contributed by atoms with van der Waals surface area (Å²) in [5.74, 6) is 0.644. The molecule has 142 valence electrons. The number of ether oxygens (including phenoxy) is 2. The molecule has 2 fully saturated rings. The van der Waals surface area contributed by atoms with Crippen molar-refractivity contribution in [2.24, 2.45) is 11.7 Å². The Balaban J connectivity index is 0.00000225. The maximum Gasteiger partial charge on any atom is 0.246 e. The zero-order valence-electron chi connectivity index (χ0n) is 13.9. The van der Waals surface area contributed by atoms with Gasteiger partial charge in [-0.3, -0.25) is 0 Å². The minimum Gasteiger partial charge on any atom is -0.492 e. The van der Waals surface area contributed by atoms with Crippen LogP contribution in [0.4, 0.5) is 0 Å². The average molecular weight is 411 g/mol. The molecular formula is C16H24Cl2N2O4S. The maximum atomic E-state index is 13.0. The van der Waals surface area contributed by atoms with Crippen molar-refractivity contribution in [1.82, 2.24) is 4.31 Å². The van der Waals surface area contributed by atoms with E-state index in [0.29, 0.717) is 55.8 Å². The van der Waals surface area contributed by atoms with Gasteiger partial charge in [0.25, 0.3) is 0 Å². The van der Waals surface area contributed by atoms with Crippen LogP contribution in [0.2, 0.25) is 5.02 Å². The van der Waals surface area contributed by atoms with Crippen LogP contribution in [0.1, 0.15) is 19.3 Å². The van der Waals surface area contributed by atoms with E-state index in [2.05, 4.69) is 0 Å². The summed E-state index contributed by atoms with van der Waals surface area (Å²) < 4.78 is 38.6. The van der Waals surface area contributed by atoms with Gasteiger partial charge in [-0.25, -0.2) is 8.42 Å². The lowest BCUT2D eigenvalue weighted by molar-refractivity contribution is 0.166. The molecule has 0 amide bonds. The van der Waals surface area contributed by atoms with Crippen LogP contribution < -0.4 is 10.5 Å². The fourth-order valence-electron chi connectivity index (χ4n) is 2.98. The minimum atomic E-state index is -3.65. The first kappa shape index (κ1) is 20.7. The van der Waals surface area contributed by atoms with E-state index in [-0.39, 0.29) is 23.3 Å². The zero-order chi connectivity index (χ0) is 17.2. The number of halogens is 2. The first-order valence-corrected chi connectivity index (χ1v) is 10.0. The molecule has 3 rings (SSSR count). The van der Waals surface area contributed by atoms with Gasteiger partial charge in [-0.1, -0.05) is 11.6 Å². The van der Waals surface area contributed by atoms with Gasteiger partial charge >= 0.3 is 0 Å². The fourth-order valence-corrected chi connectivity index (χ4v) is 4.84. The minimum absolute atomic E-state index is 0. The Bertz CT molecular complexity index is 673. The highest BCUT2D eigenvalue weighted by molar-refractivity contribution is 7.89. The Morgan fingerprint density at radius 3 is 2.64 bits per heavy atom. The number of benzene rings is 1. The monoisotopic (exact) mass is 410 g/mol. The lowest BCUT2D eigenvalue weighted by Gasteiger charge is -2.30. The lowest BCUT2D eigenvalue weighted by atomic mass is 10.1. The highest BCUT2D eigenvalue weighted by atomic mass is 35.5. The summed E-state index contributed by atoms with van der Waals surface area (Å²) in [5, 5.41) is 0.374. The van der Waals surface area contributed by atoms with E-state index >= 15 is 0 Å². The molecule has 0 bridgehead atoms. The summed E-state index contributed by atoms with van der Waals surface area (Å²) in [4.78, 5) is 0.129. The largest absolute Gasteiger partial charge is 0.492 e. The number of nitrogens with zero attached hydrogens (tertiary/aromatic N) is 1. The second kappa shape index (κ2) is 8.88. The van der Waals surface area contributed by atoms with Crippen molar-refractivity contribution in [3.63, 3.8) is 0 Å². The lowest BCUT2D eigenvalue weighted by Crippen LogP contribution is -2.42. The molecular weight excluding hydrogens is 387 g/mol. The predicted molar refractivity (Wildman–Crippen MR) is 99.1 cm³/mol. The van der Waals surface area contributed by atoms with Crippen molar-refractivity contribution in [3.05, 3.63) is 23.2 Å². The second-order valence-corrected chi connectivity index (χ2v) is 8.72. The molecule has 0 saturated carbocycles. The first-order valence-electron chi connectivity index (χ1n) is 8.22. The summed E-state index contributed by atoms with van der Waals surface area (Å²) >= 11 is 6.03. The van der Waals surface area contributed by atoms with E-state index in [9.17, 15) is 8.42 Å². The third-order valence-corrected chi connectivity index (χ3v) is 6.68. The molecule has 6 nitrogen and oxygen atoms in total. The van der Waals surface area contributed by atoms with Crippen LogP contribution in [0, 0.1) is 5.92 Å². The summed E-state index contributed by atoms with van der Waals surface area (Å²) in [6, 6.07) is 4.80. The van der Waals surface area contributed by atoms with E-state index in [1.807, 2.05) is 0 Å². The van der Waals surface area contributed by atoms with Gasteiger partial charge in [0.05, 0.1) is 13.2 Å². The standard InChI is InChI=1S/C16H23ClN2O4S.ClH/c17-13-1-2-15(23-11-12-5-8-22-10-12)16(9-13)24(20,21)19-6-3-14(18)4-7-19;/h1-2,9,12,14H,3-8,10-11,18H2;1H. The number of sulfonamides is 1. The van der Waals surface area contributed by atoms with Gasteiger partial charge in [0.1, 0.15) is 10.6 Å². The van der Waals surface area contributed by atoms with Crippen molar-refractivity contribution in [2.75, 3.05) is 32.9 Å². The van der Waals surface area contributed by atoms with Crippen LogP contribution >= 0.6 is 24.0 Å². The Morgan fingerprint density at radius 2 is 2.00 bits per heavy atom. The molecule has 1 aromatic carbocycles. The van der Waals surface area contributed by atoms with Gasteiger partial charge in [0.2, 0.25) is 10.0 Å². The molecule has 2 saturated heterocycles. The third-order valence-electron chi connectivity index (χ3n) is 4.52. The molecule has 0 aromatic heterocycles. The Morgan fingerprint density at radius 1 is 1.28 bits per heavy atom. The van der Waals surface area contributed by atoms with Crippen LogP contribution in [0.5, 0.6) is 5.75 Å². The normalized spacial score (nSPS) is 22.6. The molecule has 0 radical (unpaired) electrons. The van der Waals surface area contributed by atoms with Gasteiger partial charge in [-0.2, -0.15) is 4.31 Å². The second-order valence-electron chi connectivity index (χ2n) is 6.37. The van der Waals surface area contributed by atoms with Crippen molar-refractivity contribution in [2.45, 2.75) is 30.2 Å². The van der Waals surface area contributed by atoms with Gasteiger partial charge in [-0.05, 0) is 37.5 Å². The predicted octanol–water partition coefficient (Wildman–Crippen LogP) is 2.29. The van der Waals surface area contributed by atoms with Crippen LogP contribution in [-0.4, -0.2) is 51.7 Å². The van der Waals surface area contributed by atoms with Gasteiger partial charge in [0.15, 0.2) is 0 Å². The highest BCUT2D eigenvalue weighted by Gasteiger charge is 2.31. The van der Waals surface area contributed by atoms with E-state index in [4.69, 9.17) is 26.8 Å². The molecule has 2 aliphatic rings. The molecule has 1 unspecified atom stereocenters. The SMILES string of the molecule is Cl.NC1CCN(S(=O)(=O)c2cc(Cl)ccc2OCC2CCOC2)CC1. The molecule has 9 heteroatoms. The zero-order valence-corrected chi connectivity index (χ0v) is 16.3. The number of rotatable bonds is 5. The molecule has 1 aromatic rings. The Hall–Kier alpha value is -0.570. The summed E-state index contributed by atoms with van der Waals surface area (Å²) in [7, 11) is -3.65. The third kappa shape index (κ3) is 4.99. The van der Waals surface area contributed by atoms with E-state index < -0.39 is 10.0 Å². The highest BCUT2D eigenvalue weighted by Crippen LogP contribution is 2.31. The Labute approximate surface area is 160 Å². The van der Waals surface area contributed by atoms with Crippen LogP contribution in [0.3, 0.4) is 0 Å². The molecule has 2 N–H and O–H groups in total. The quantitative estimate of drug-likeness (QED) is 0.804.